The number of carbonyl (C=O) groups is 2. The van der Waals surface area contributed by atoms with Gasteiger partial charge in [0.1, 0.15) is 6.04 Å². The van der Waals surface area contributed by atoms with Gasteiger partial charge in [0.25, 0.3) is 0 Å². The van der Waals surface area contributed by atoms with Crippen molar-refractivity contribution in [2.24, 2.45) is 0 Å². The summed E-state index contributed by atoms with van der Waals surface area (Å²) in [6.07, 6.45) is 11.0. The highest BCUT2D eigenvalue weighted by Gasteiger charge is 2.17. The van der Waals surface area contributed by atoms with Crippen LogP contribution in [0.4, 0.5) is 0 Å². The van der Waals surface area contributed by atoms with Crippen molar-refractivity contribution in [1.29, 1.82) is 0 Å². The number of hydrogen-bond donors (Lipinski definition) is 2. The minimum atomic E-state index is -0.989. The van der Waals surface area contributed by atoms with Crippen LogP contribution in [-0.2, 0) is 9.59 Å². The van der Waals surface area contributed by atoms with Crippen LogP contribution in [0, 0.1) is 0 Å². The van der Waals surface area contributed by atoms with Crippen LogP contribution in [0.25, 0.3) is 0 Å². The van der Waals surface area contributed by atoms with Crippen molar-refractivity contribution in [2.45, 2.75) is 66.3 Å². The molecule has 0 bridgehead atoms. The Morgan fingerprint density at radius 2 is 1.52 bits per heavy atom. The number of amides is 1. The summed E-state index contributed by atoms with van der Waals surface area (Å²) in [6, 6.07) is -0.817. The topological polar surface area (TPSA) is 66.4 Å². The Hall–Kier alpha value is -1.49. The zero-order valence-corrected chi connectivity index (χ0v) is 17.0. The summed E-state index contributed by atoms with van der Waals surface area (Å²) in [5.74, 6) is -0.163. The Morgan fingerprint density at radius 3 is 2.04 bits per heavy atom. The Kier molecular flexibility index (Phi) is 12.9. The molecule has 0 aromatic heterocycles. The number of carboxylic acids is 1. The van der Waals surface area contributed by atoms with Gasteiger partial charge >= 0.3 is 5.97 Å². The fraction of sp³-hybridized carbons (Fsp3) is 0.600. The summed E-state index contributed by atoms with van der Waals surface area (Å²) < 4.78 is 0. The molecule has 1 amide bonds. The van der Waals surface area contributed by atoms with Crippen molar-refractivity contribution in [3.8, 4) is 0 Å². The van der Waals surface area contributed by atoms with Gasteiger partial charge in [-0.3, -0.25) is 4.79 Å². The molecule has 5 heteroatoms. The van der Waals surface area contributed by atoms with Gasteiger partial charge in [-0.1, -0.05) is 34.9 Å². The molecule has 1 atom stereocenters. The molecule has 25 heavy (non-hydrogen) atoms. The average Bonchev–Trinajstić information content (AvgIpc) is 2.49. The van der Waals surface area contributed by atoms with E-state index in [0.717, 1.165) is 31.4 Å². The minimum Gasteiger partial charge on any atom is -0.480 e. The third-order valence-corrected chi connectivity index (χ3v) is 4.60. The summed E-state index contributed by atoms with van der Waals surface area (Å²) in [5.41, 5.74) is 4.11. The standard InChI is InChI=1S/C20H33NO3S/c1-15(2)8-6-9-16(3)10-7-11-17(4)12-13-25-14-19(20(23)24)21-18(5)22/h8,10,12,19H,6-7,9,11,13-14H2,1-5H3,(H,21,22)(H,23,24)/b16-10-,17-12-/t19-/m0/s1. The van der Waals surface area contributed by atoms with E-state index in [-0.39, 0.29) is 5.91 Å². The lowest BCUT2D eigenvalue weighted by atomic mass is 10.1. The number of carboxylic acid groups (broad SMARTS) is 1. The van der Waals surface area contributed by atoms with Gasteiger partial charge in [-0.25, -0.2) is 4.79 Å². The number of aliphatic carboxylic acids is 1. The molecule has 0 unspecified atom stereocenters. The lowest BCUT2D eigenvalue weighted by Crippen LogP contribution is -2.41. The quantitative estimate of drug-likeness (QED) is 0.387. The molecule has 0 heterocycles. The van der Waals surface area contributed by atoms with E-state index in [1.165, 1.54) is 35.4 Å². The van der Waals surface area contributed by atoms with Crippen LogP contribution >= 0.6 is 11.8 Å². The Bertz CT molecular complexity index is 517. The third-order valence-electron chi connectivity index (χ3n) is 3.63. The van der Waals surface area contributed by atoms with E-state index < -0.39 is 12.0 Å². The summed E-state index contributed by atoms with van der Waals surface area (Å²) in [4.78, 5) is 22.0. The van der Waals surface area contributed by atoms with Crippen molar-refractivity contribution < 1.29 is 14.7 Å². The number of thioether (sulfide) groups is 1. The molecular formula is C20H33NO3S. The first kappa shape index (κ1) is 23.5. The zero-order valence-electron chi connectivity index (χ0n) is 16.2. The SMILES string of the molecule is CC(=O)N[C@@H](CSC/C=C(/C)CC/C=C(/C)CCC=C(C)C)C(=O)O. The molecule has 0 aromatic carbocycles. The number of rotatable bonds is 12. The lowest BCUT2D eigenvalue weighted by Gasteiger charge is -2.12. The fourth-order valence-electron chi connectivity index (χ4n) is 2.15. The van der Waals surface area contributed by atoms with Gasteiger partial charge < -0.3 is 10.4 Å². The van der Waals surface area contributed by atoms with Crippen molar-refractivity contribution in [3.05, 3.63) is 34.9 Å². The van der Waals surface area contributed by atoms with Crippen LogP contribution in [-0.4, -0.2) is 34.5 Å². The molecular weight excluding hydrogens is 334 g/mol. The number of hydrogen-bond acceptors (Lipinski definition) is 3. The molecule has 0 fully saturated rings. The average molecular weight is 368 g/mol. The van der Waals surface area contributed by atoms with E-state index in [1.807, 2.05) is 0 Å². The van der Waals surface area contributed by atoms with E-state index in [0.29, 0.717) is 5.75 Å². The van der Waals surface area contributed by atoms with Crippen LogP contribution in [0.15, 0.2) is 34.9 Å². The smallest absolute Gasteiger partial charge is 0.327 e. The van der Waals surface area contributed by atoms with Crippen molar-refractivity contribution >= 4 is 23.6 Å². The highest BCUT2D eigenvalue weighted by atomic mass is 32.2. The van der Waals surface area contributed by atoms with Crippen LogP contribution in [0.2, 0.25) is 0 Å². The second-order valence-electron chi connectivity index (χ2n) is 6.59. The van der Waals surface area contributed by atoms with Crippen molar-refractivity contribution in [2.75, 3.05) is 11.5 Å². The maximum atomic E-state index is 11.0. The monoisotopic (exact) mass is 367 g/mol. The summed E-state index contributed by atoms with van der Waals surface area (Å²) in [7, 11) is 0. The molecule has 0 spiro atoms. The molecule has 0 rings (SSSR count). The van der Waals surface area contributed by atoms with Crippen molar-refractivity contribution in [3.63, 3.8) is 0 Å². The van der Waals surface area contributed by atoms with Crippen LogP contribution in [0.3, 0.4) is 0 Å². The first-order valence-electron chi connectivity index (χ1n) is 8.74. The van der Waals surface area contributed by atoms with Crippen LogP contribution in [0.5, 0.6) is 0 Å². The zero-order chi connectivity index (χ0) is 19.2. The third kappa shape index (κ3) is 14.6. The lowest BCUT2D eigenvalue weighted by molar-refractivity contribution is -0.140. The van der Waals surface area contributed by atoms with Crippen molar-refractivity contribution in [1.82, 2.24) is 5.32 Å². The van der Waals surface area contributed by atoms with E-state index in [9.17, 15) is 9.59 Å². The Labute approximate surface area is 156 Å². The number of carbonyl (C=O) groups excluding carboxylic acids is 1. The molecule has 0 aliphatic rings. The largest absolute Gasteiger partial charge is 0.480 e. The van der Waals surface area contributed by atoms with E-state index >= 15 is 0 Å². The van der Waals surface area contributed by atoms with Gasteiger partial charge in [0, 0.05) is 18.4 Å². The summed E-state index contributed by atoms with van der Waals surface area (Å²) in [6.45, 7) is 9.87. The first-order valence-corrected chi connectivity index (χ1v) is 9.90. The first-order chi connectivity index (χ1) is 11.7. The van der Waals surface area contributed by atoms with Crippen LogP contribution < -0.4 is 5.32 Å². The number of allylic oxidation sites excluding steroid dienone is 5. The predicted octanol–water partition coefficient (Wildman–Crippen LogP) is 4.73. The van der Waals surface area contributed by atoms with Gasteiger partial charge in [-0.2, -0.15) is 11.8 Å². The maximum absolute atomic E-state index is 11.0. The molecule has 0 aliphatic heterocycles. The summed E-state index contributed by atoms with van der Waals surface area (Å²) >= 11 is 1.52. The van der Waals surface area contributed by atoms with E-state index in [2.05, 4.69) is 51.2 Å². The second kappa shape index (κ2) is 13.8. The summed E-state index contributed by atoms with van der Waals surface area (Å²) in [5, 5.41) is 11.5. The molecule has 0 saturated heterocycles. The molecule has 0 aliphatic carbocycles. The van der Waals surface area contributed by atoms with Gasteiger partial charge in [0.2, 0.25) is 5.91 Å². The highest BCUT2D eigenvalue weighted by Crippen LogP contribution is 2.13. The van der Waals surface area contributed by atoms with Gasteiger partial charge in [0.15, 0.2) is 0 Å². The normalized spacial score (nSPS) is 13.3. The van der Waals surface area contributed by atoms with Gasteiger partial charge in [-0.15, -0.1) is 0 Å². The van der Waals surface area contributed by atoms with E-state index in [1.54, 1.807) is 0 Å². The molecule has 0 radical (unpaired) electrons. The van der Waals surface area contributed by atoms with Crippen LogP contribution in [0.1, 0.15) is 60.3 Å². The van der Waals surface area contributed by atoms with Gasteiger partial charge in [-0.05, 0) is 53.4 Å². The molecule has 142 valence electrons. The molecule has 2 N–H and O–H groups in total. The number of nitrogens with one attached hydrogen (secondary N) is 1. The predicted molar refractivity (Wildman–Crippen MR) is 108 cm³/mol. The Morgan fingerprint density at radius 1 is 0.960 bits per heavy atom. The minimum absolute atomic E-state index is 0.313. The molecule has 0 saturated carbocycles. The fourth-order valence-corrected chi connectivity index (χ4v) is 3.15. The molecule has 0 aromatic rings. The molecule has 4 nitrogen and oxygen atoms in total. The second-order valence-corrected chi connectivity index (χ2v) is 7.66. The van der Waals surface area contributed by atoms with Gasteiger partial charge in [0.05, 0.1) is 0 Å². The highest BCUT2D eigenvalue weighted by molar-refractivity contribution is 7.99. The Balaban J connectivity index is 4.07. The van der Waals surface area contributed by atoms with E-state index in [4.69, 9.17) is 5.11 Å². The maximum Gasteiger partial charge on any atom is 0.327 e.